The molecule has 1 rings (SSSR count). The van der Waals surface area contributed by atoms with Crippen LogP contribution in [0.3, 0.4) is 0 Å². The number of carbonyl (C=O) groups excluding carboxylic acids is 1. The largest absolute Gasteiger partial charge is 0.483 e. The third-order valence-corrected chi connectivity index (χ3v) is 2.67. The van der Waals surface area contributed by atoms with Gasteiger partial charge in [-0.25, -0.2) is 0 Å². The van der Waals surface area contributed by atoms with Gasteiger partial charge in [0.05, 0.1) is 12.6 Å². The summed E-state index contributed by atoms with van der Waals surface area (Å²) in [5.74, 6) is 2.47. The first kappa shape index (κ1) is 14.6. The zero-order valence-corrected chi connectivity index (χ0v) is 11.5. The van der Waals surface area contributed by atoms with E-state index < -0.39 is 6.10 Å². The second-order valence-electron chi connectivity index (χ2n) is 3.63. The van der Waals surface area contributed by atoms with Crippen molar-refractivity contribution in [2.75, 3.05) is 13.2 Å². The summed E-state index contributed by atoms with van der Waals surface area (Å²) in [7, 11) is 0. The van der Waals surface area contributed by atoms with Gasteiger partial charge in [-0.1, -0.05) is 27.9 Å². The van der Waals surface area contributed by atoms with Gasteiger partial charge >= 0.3 is 0 Å². The molecule has 1 amide bonds. The molecule has 5 heteroatoms. The van der Waals surface area contributed by atoms with Crippen molar-refractivity contribution in [3.05, 3.63) is 28.2 Å². The van der Waals surface area contributed by atoms with Crippen molar-refractivity contribution >= 4 is 21.8 Å². The van der Waals surface area contributed by atoms with Crippen molar-refractivity contribution in [2.24, 2.45) is 0 Å². The van der Waals surface area contributed by atoms with E-state index in [1.165, 1.54) is 0 Å². The number of benzene rings is 1. The number of halogens is 1. The molecule has 1 aromatic carbocycles. The smallest absolute Gasteiger partial charge is 0.258 e. The van der Waals surface area contributed by atoms with Crippen LogP contribution in [-0.4, -0.2) is 24.2 Å². The molecule has 0 spiro atoms. The zero-order valence-electron chi connectivity index (χ0n) is 9.94. The molecule has 0 aromatic heterocycles. The van der Waals surface area contributed by atoms with Crippen LogP contribution in [0.5, 0.6) is 5.75 Å². The molecule has 0 saturated heterocycles. The Bertz CT molecular complexity index is 466. The molecule has 4 nitrogen and oxygen atoms in total. The van der Waals surface area contributed by atoms with E-state index in [0.29, 0.717) is 11.3 Å². The first-order valence-electron chi connectivity index (χ1n) is 5.35. The Morgan fingerprint density at radius 3 is 3.00 bits per heavy atom. The Morgan fingerprint density at radius 2 is 2.39 bits per heavy atom. The molecule has 18 heavy (non-hydrogen) atoms. The van der Waals surface area contributed by atoms with E-state index in [4.69, 9.17) is 11.2 Å². The maximum atomic E-state index is 11.3. The van der Waals surface area contributed by atoms with Crippen LogP contribution in [0.15, 0.2) is 22.7 Å². The monoisotopic (exact) mass is 311 g/mol. The third kappa shape index (κ3) is 4.40. The second-order valence-corrected chi connectivity index (χ2v) is 4.54. The quantitative estimate of drug-likeness (QED) is 0.813. The van der Waals surface area contributed by atoms with Crippen molar-refractivity contribution in [3.8, 4) is 18.1 Å². The summed E-state index contributed by atoms with van der Waals surface area (Å²) in [6.07, 6.45) is 4.36. The fourth-order valence-corrected chi connectivity index (χ4v) is 1.66. The van der Waals surface area contributed by atoms with Gasteiger partial charge in [-0.3, -0.25) is 4.79 Å². The Balaban J connectivity index is 2.69. The zero-order chi connectivity index (χ0) is 13.5. The van der Waals surface area contributed by atoms with E-state index in [0.717, 1.165) is 4.47 Å². The highest BCUT2D eigenvalue weighted by Gasteiger charge is 2.11. The van der Waals surface area contributed by atoms with Gasteiger partial charge in [0.1, 0.15) is 5.75 Å². The molecule has 1 atom stereocenters. The summed E-state index contributed by atoms with van der Waals surface area (Å²) >= 11 is 3.31. The average Bonchev–Trinajstić information content (AvgIpc) is 2.33. The van der Waals surface area contributed by atoms with Gasteiger partial charge in [0.25, 0.3) is 5.91 Å². The van der Waals surface area contributed by atoms with Crippen molar-refractivity contribution < 1.29 is 14.6 Å². The molecule has 0 saturated carbocycles. The fraction of sp³-hybridized carbons (Fsp3) is 0.308. The molecular weight excluding hydrogens is 298 g/mol. The van der Waals surface area contributed by atoms with Crippen LogP contribution in [0.2, 0.25) is 0 Å². The summed E-state index contributed by atoms with van der Waals surface area (Å²) < 4.78 is 6.18. The Labute approximate surface area is 114 Å². The van der Waals surface area contributed by atoms with Crippen LogP contribution in [0.4, 0.5) is 0 Å². The molecule has 0 fully saturated rings. The summed E-state index contributed by atoms with van der Waals surface area (Å²) in [6.45, 7) is 1.66. The molecular formula is C13H14BrNO3. The lowest BCUT2D eigenvalue weighted by molar-refractivity contribution is -0.122. The van der Waals surface area contributed by atoms with E-state index in [2.05, 4.69) is 27.2 Å². The molecule has 1 aromatic rings. The number of aliphatic hydroxyl groups is 1. The minimum absolute atomic E-state index is 0.141. The van der Waals surface area contributed by atoms with Crippen molar-refractivity contribution in [2.45, 2.75) is 13.0 Å². The molecule has 0 aliphatic heterocycles. The van der Waals surface area contributed by atoms with Gasteiger partial charge < -0.3 is 15.2 Å². The predicted molar refractivity (Wildman–Crippen MR) is 72.1 cm³/mol. The van der Waals surface area contributed by atoms with Gasteiger partial charge in [0, 0.05) is 10.0 Å². The predicted octanol–water partition coefficient (Wildman–Crippen LogP) is 1.63. The van der Waals surface area contributed by atoms with E-state index in [-0.39, 0.29) is 19.1 Å². The van der Waals surface area contributed by atoms with E-state index >= 15 is 0 Å². The highest BCUT2D eigenvalue weighted by atomic mass is 79.9. The first-order valence-corrected chi connectivity index (χ1v) is 6.14. The van der Waals surface area contributed by atoms with Crippen LogP contribution in [0, 0.1) is 12.3 Å². The number of carbonyl (C=O) groups is 1. The van der Waals surface area contributed by atoms with Crippen LogP contribution in [0.1, 0.15) is 18.6 Å². The highest BCUT2D eigenvalue weighted by molar-refractivity contribution is 9.10. The Kier molecular flexibility index (Phi) is 5.69. The summed E-state index contributed by atoms with van der Waals surface area (Å²) in [6, 6.07) is 5.24. The number of ether oxygens (including phenoxy) is 1. The normalized spacial score (nSPS) is 11.4. The topological polar surface area (TPSA) is 58.6 Å². The molecule has 0 heterocycles. The second kappa shape index (κ2) is 7.04. The van der Waals surface area contributed by atoms with Crippen molar-refractivity contribution in [1.29, 1.82) is 0 Å². The van der Waals surface area contributed by atoms with Crippen LogP contribution in [0.25, 0.3) is 0 Å². The maximum Gasteiger partial charge on any atom is 0.258 e. The number of aliphatic hydroxyl groups excluding tert-OH is 1. The van der Waals surface area contributed by atoms with E-state index in [9.17, 15) is 9.90 Å². The molecule has 0 aliphatic rings. The summed E-state index contributed by atoms with van der Waals surface area (Å²) in [5.41, 5.74) is 0.628. The standard InChI is InChI=1S/C13H14BrNO3/c1-3-6-15-13(17)8-18-12-7-10(14)4-5-11(12)9(2)16/h1,4-5,7,9,16H,6,8H2,2H3,(H,15,17). The Hall–Kier alpha value is -1.51. The third-order valence-electron chi connectivity index (χ3n) is 2.17. The maximum absolute atomic E-state index is 11.3. The lowest BCUT2D eigenvalue weighted by Crippen LogP contribution is -2.29. The van der Waals surface area contributed by atoms with Gasteiger partial charge in [0.2, 0.25) is 0 Å². The summed E-state index contributed by atoms with van der Waals surface area (Å²) in [4.78, 5) is 11.3. The molecule has 0 bridgehead atoms. The SMILES string of the molecule is C#CCNC(=O)COc1cc(Br)ccc1C(C)O. The van der Waals surface area contributed by atoms with Crippen molar-refractivity contribution in [1.82, 2.24) is 5.32 Å². The number of hydrogen-bond donors (Lipinski definition) is 2. The van der Waals surface area contributed by atoms with Crippen molar-refractivity contribution in [3.63, 3.8) is 0 Å². The number of hydrogen-bond acceptors (Lipinski definition) is 3. The number of nitrogens with one attached hydrogen (secondary N) is 1. The average molecular weight is 312 g/mol. The first-order chi connectivity index (χ1) is 8.54. The summed E-state index contributed by atoms with van der Waals surface area (Å²) in [5, 5.41) is 12.1. The molecule has 1 unspecified atom stereocenters. The highest BCUT2D eigenvalue weighted by Crippen LogP contribution is 2.28. The minimum Gasteiger partial charge on any atom is -0.483 e. The minimum atomic E-state index is -0.665. The molecule has 0 aliphatic carbocycles. The van der Waals surface area contributed by atoms with Crippen LogP contribution in [-0.2, 0) is 4.79 Å². The number of amides is 1. The van der Waals surface area contributed by atoms with E-state index in [1.54, 1.807) is 25.1 Å². The molecule has 96 valence electrons. The number of terminal acetylenes is 1. The van der Waals surface area contributed by atoms with Gasteiger partial charge in [0.15, 0.2) is 6.61 Å². The van der Waals surface area contributed by atoms with Gasteiger partial charge in [-0.15, -0.1) is 6.42 Å². The van der Waals surface area contributed by atoms with Crippen LogP contribution < -0.4 is 10.1 Å². The van der Waals surface area contributed by atoms with Gasteiger partial charge in [-0.05, 0) is 19.1 Å². The lowest BCUT2D eigenvalue weighted by atomic mass is 10.1. The van der Waals surface area contributed by atoms with Gasteiger partial charge in [-0.2, -0.15) is 0 Å². The fourth-order valence-electron chi connectivity index (χ4n) is 1.32. The lowest BCUT2D eigenvalue weighted by Gasteiger charge is -2.13. The van der Waals surface area contributed by atoms with Crippen LogP contribution >= 0.6 is 15.9 Å². The molecule has 2 N–H and O–H groups in total. The van der Waals surface area contributed by atoms with E-state index in [1.807, 2.05) is 0 Å². The molecule has 0 radical (unpaired) electrons. The number of rotatable bonds is 5. The Morgan fingerprint density at radius 1 is 1.67 bits per heavy atom.